The van der Waals surface area contributed by atoms with Crippen LogP contribution in [0, 0.1) is 13.8 Å². The number of phenols is 2. The molecule has 5 nitrogen and oxygen atoms in total. The zero-order valence-electron chi connectivity index (χ0n) is 10.8. The summed E-state index contributed by atoms with van der Waals surface area (Å²) in [6.45, 7) is 3.45. The number of aromatic hydroxyl groups is 2. The zero-order chi connectivity index (χ0) is 13.9. The maximum atomic E-state index is 12.3. The molecule has 19 heavy (non-hydrogen) atoms. The average molecular weight is 259 g/mol. The van der Waals surface area contributed by atoms with Gasteiger partial charge in [-0.05, 0) is 19.9 Å². The van der Waals surface area contributed by atoms with Gasteiger partial charge < -0.3 is 19.2 Å². The van der Waals surface area contributed by atoms with E-state index < -0.39 is 0 Å². The third-order valence-corrected chi connectivity index (χ3v) is 3.58. The number of aryl methyl sites for hydroxylation is 2. The molecular weight excluding hydrogens is 246 g/mol. The van der Waals surface area contributed by atoms with Gasteiger partial charge >= 0.3 is 0 Å². The maximum Gasteiger partial charge on any atom is 0.262 e. The highest BCUT2D eigenvalue weighted by atomic mass is 16.3. The number of furan rings is 1. The molecule has 98 valence electrons. The molecule has 1 aromatic carbocycles. The molecule has 2 aromatic heterocycles. The number of fused-ring (bicyclic) bond motifs is 3. The van der Waals surface area contributed by atoms with Crippen LogP contribution < -0.4 is 5.56 Å². The van der Waals surface area contributed by atoms with Crippen molar-refractivity contribution in [2.45, 2.75) is 13.8 Å². The molecule has 0 aliphatic carbocycles. The largest absolute Gasteiger partial charge is 0.504 e. The van der Waals surface area contributed by atoms with Crippen molar-refractivity contribution >= 4 is 21.9 Å². The van der Waals surface area contributed by atoms with E-state index in [1.54, 1.807) is 20.0 Å². The van der Waals surface area contributed by atoms with Crippen LogP contribution in [-0.4, -0.2) is 14.8 Å². The van der Waals surface area contributed by atoms with Gasteiger partial charge in [-0.2, -0.15) is 0 Å². The molecule has 0 aliphatic heterocycles. The first-order chi connectivity index (χ1) is 8.91. The van der Waals surface area contributed by atoms with Gasteiger partial charge in [-0.25, -0.2) is 0 Å². The second-order valence-electron chi connectivity index (χ2n) is 4.74. The fourth-order valence-corrected chi connectivity index (χ4v) is 2.32. The predicted octanol–water partition coefficient (Wildman–Crippen LogP) is 2.31. The number of nitrogens with zero attached hydrogens (tertiary/aromatic N) is 1. The van der Waals surface area contributed by atoms with Crippen molar-refractivity contribution < 1.29 is 14.6 Å². The number of aromatic nitrogens is 1. The van der Waals surface area contributed by atoms with E-state index in [0.717, 1.165) is 5.69 Å². The predicted molar refractivity (Wildman–Crippen MR) is 71.8 cm³/mol. The van der Waals surface area contributed by atoms with Crippen LogP contribution >= 0.6 is 0 Å². The van der Waals surface area contributed by atoms with Crippen molar-refractivity contribution in [1.29, 1.82) is 0 Å². The summed E-state index contributed by atoms with van der Waals surface area (Å²) >= 11 is 0. The van der Waals surface area contributed by atoms with Gasteiger partial charge in [0.05, 0.1) is 5.39 Å². The van der Waals surface area contributed by atoms with Crippen molar-refractivity contribution in [2.75, 3.05) is 0 Å². The topological polar surface area (TPSA) is 75.6 Å². The van der Waals surface area contributed by atoms with Crippen LogP contribution in [0.1, 0.15) is 11.3 Å². The van der Waals surface area contributed by atoms with E-state index in [-0.39, 0.29) is 17.1 Å². The number of benzene rings is 1. The molecule has 0 bridgehead atoms. The van der Waals surface area contributed by atoms with Crippen molar-refractivity contribution in [2.24, 2.45) is 7.05 Å². The number of pyridine rings is 1. The van der Waals surface area contributed by atoms with Gasteiger partial charge in [-0.3, -0.25) is 4.79 Å². The maximum absolute atomic E-state index is 12.3. The second kappa shape index (κ2) is 3.54. The number of rotatable bonds is 0. The molecule has 0 fully saturated rings. The first kappa shape index (κ1) is 11.6. The molecule has 0 saturated carbocycles. The fraction of sp³-hybridized carbons (Fsp3) is 0.214. The normalized spacial score (nSPS) is 11.5. The number of hydrogen-bond acceptors (Lipinski definition) is 4. The molecule has 0 atom stereocenters. The standard InChI is InChI=1S/C14H13NO4/c1-6-4-10-11(14(18)15(6)3)8-5-9(16)12(17)7(2)13(8)19-10/h4-5,16-17H,1-3H3. The molecule has 0 spiro atoms. The lowest BCUT2D eigenvalue weighted by molar-refractivity contribution is 0.401. The Morgan fingerprint density at radius 3 is 2.58 bits per heavy atom. The Morgan fingerprint density at radius 1 is 1.21 bits per heavy atom. The molecule has 0 radical (unpaired) electrons. The summed E-state index contributed by atoms with van der Waals surface area (Å²) in [6, 6.07) is 3.13. The summed E-state index contributed by atoms with van der Waals surface area (Å²) in [5.74, 6) is -0.476. The molecule has 2 heterocycles. The lowest BCUT2D eigenvalue weighted by Gasteiger charge is -2.02. The van der Waals surface area contributed by atoms with E-state index in [1.807, 2.05) is 6.92 Å². The van der Waals surface area contributed by atoms with E-state index in [4.69, 9.17) is 4.42 Å². The Kier molecular flexibility index (Phi) is 2.17. The van der Waals surface area contributed by atoms with Crippen LogP contribution in [0.15, 0.2) is 21.3 Å². The highest BCUT2D eigenvalue weighted by molar-refractivity contribution is 6.06. The van der Waals surface area contributed by atoms with E-state index in [2.05, 4.69) is 0 Å². The molecule has 0 amide bonds. The second-order valence-corrected chi connectivity index (χ2v) is 4.74. The highest BCUT2D eigenvalue weighted by Gasteiger charge is 2.18. The van der Waals surface area contributed by atoms with Gasteiger partial charge in [0.25, 0.3) is 5.56 Å². The summed E-state index contributed by atoms with van der Waals surface area (Å²) in [4.78, 5) is 12.3. The summed E-state index contributed by atoms with van der Waals surface area (Å²) in [7, 11) is 1.68. The zero-order valence-corrected chi connectivity index (χ0v) is 10.8. The van der Waals surface area contributed by atoms with Gasteiger partial charge in [-0.15, -0.1) is 0 Å². The van der Waals surface area contributed by atoms with E-state index in [1.165, 1.54) is 10.6 Å². The molecule has 0 aliphatic rings. The first-order valence-corrected chi connectivity index (χ1v) is 5.86. The van der Waals surface area contributed by atoms with Crippen LogP contribution in [-0.2, 0) is 7.05 Å². The molecular formula is C14H13NO4. The van der Waals surface area contributed by atoms with E-state index in [9.17, 15) is 15.0 Å². The van der Waals surface area contributed by atoms with Gasteiger partial charge in [0, 0.05) is 29.8 Å². The Morgan fingerprint density at radius 2 is 1.89 bits per heavy atom. The molecule has 3 aromatic rings. The highest BCUT2D eigenvalue weighted by Crippen LogP contribution is 2.39. The minimum absolute atomic E-state index is 0.182. The van der Waals surface area contributed by atoms with Crippen LogP contribution in [0.4, 0.5) is 0 Å². The minimum Gasteiger partial charge on any atom is -0.504 e. The molecule has 0 unspecified atom stereocenters. The van der Waals surface area contributed by atoms with Crippen LogP contribution in [0.2, 0.25) is 0 Å². The Bertz CT molecular complexity index is 886. The molecule has 2 N–H and O–H groups in total. The van der Waals surface area contributed by atoms with Gasteiger partial charge in [-0.1, -0.05) is 0 Å². The molecule has 0 saturated heterocycles. The van der Waals surface area contributed by atoms with Crippen molar-refractivity contribution in [3.05, 3.63) is 33.7 Å². The summed E-state index contributed by atoms with van der Waals surface area (Å²) in [6.07, 6.45) is 0. The van der Waals surface area contributed by atoms with E-state index in [0.29, 0.717) is 27.5 Å². The minimum atomic E-state index is -0.254. The number of phenolic OH excluding ortho intramolecular Hbond substituents is 2. The van der Waals surface area contributed by atoms with Gasteiger partial charge in [0.1, 0.15) is 11.2 Å². The van der Waals surface area contributed by atoms with Crippen LogP contribution in [0.3, 0.4) is 0 Å². The third-order valence-electron chi connectivity index (χ3n) is 3.58. The lowest BCUT2D eigenvalue weighted by Crippen LogP contribution is -2.18. The number of hydrogen-bond donors (Lipinski definition) is 2. The van der Waals surface area contributed by atoms with Crippen molar-refractivity contribution in [3.8, 4) is 11.5 Å². The van der Waals surface area contributed by atoms with Crippen molar-refractivity contribution in [1.82, 2.24) is 4.57 Å². The first-order valence-electron chi connectivity index (χ1n) is 5.86. The Labute approximate surface area is 108 Å². The average Bonchev–Trinajstić information content (AvgIpc) is 2.72. The molecule has 5 heteroatoms. The Balaban J connectivity index is 2.66. The molecule has 3 rings (SSSR count). The van der Waals surface area contributed by atoms with Crippen LogP contribution in [0.25, 0.3) is 21.9 Å². The van der Waals surface area contributed by atoms with Crippen molar-refractivity contribution in [3.63, 3.8) is 0 Å². The summed E-state index contributed by atoms with van der Waals surface area (Å²) < 4.78 is 7.18. The quantitative estimate of drug-likeness (QED) is 0.607. The fourth-order valence-electron chi connectivity index (χ4n) is 2.32. The Hall–Kier alpha value is -2.43. The third kappa shape index (κ3) is 1.38. The van der Waals surface area contributed by atoms with E-state index >= 15 is 0 Å². The van der Waals surface area contributed by atoms with Crippen LogP contribution in [0.5, 0.6) is 11.5 Å². The summed E-state index contributed by atoms with van der Waals surface area (Å²) in [5, 5.41) is 20.3. The smallest absolute Gasteiger partial charge is 0.262 e. The van der Waals surface area contributed by atoms with Gasteiger partial charge in [0.2, 0.25) is 0 Å². The SMILES string of the molecule is Cc1c(O)c(O)cc2c1oc1cc(C)n(C)c(=O)c12. The van der Waals surface area contributed by atoms with Gasteiger partial charge in [0.15, 0.2) is 11.5 Å². The monoisotopic (exact) mass is 259 g/mol. The lowest BCUT2D eigenvalue weighted by atomic mass is 10.1. The summed E-state index contributed by atoms with van der Waals surface area (Å²) in [5.41, 5.74) is 1.91.